The molecule has 1 N–H and O–H groups in total. The Morgan fingerprint density at radius 1 is 1.44 bits per heavy atom. The lowest BCUT2D eigenvalue weighted by molar-refractivity contribution is 0.197. The number of likely N-dealkylation sites (tertiary alicyclic amines) is 1. The lowest BCUT2D eigenvalue weighted by Crippen LogP contribution is -2.39. The third kappa shape index (κ3) is 3.22. The molecule has 1 aromatic carbocycles. The van der Waals surface area contributed by atoms with Crippen molar-refractivity contribution in [2.75, 3.05) is 25.5 Å². The maximum atomic E-state index is 13.5. The summed E-state index contributed by atoms with van der Waals surface area (Å²) in [6, 6.07) is 5.77. The quantitative estimate of drug-likeness (QED) is 0.885. The van der Waals surface area contributed by atoms with Crippen LogP contribution in [0.3, 0.4) is 0 Å². The molecular weight excluding hydrogens is 227 g/mol. The van der Waals surface area contributed by atoms with Crippen molar-refractivity contribution < 1.29 is 4.39 Å². The van der Waals surface area contributed by atoms with Crippen LogP contribution in [0.1, 0.15) is 25.3 Å². The Hall–Kier alpha value is -1.09. The van der Waals surface area contributed by atoms with Gasteiger partial charge in [0.25, 0.3) is 0 Å². The molecule has 100 valence electrons. The maximum absolute atomic E-state index is 13.5. The van der Waals surface area contributed by atoms with Crippen molar-refractivity contribution in [3.63, 3.8) is 0 Å². The molecule has 0 amide bonds. The number of rotatable bonds is 3. The van der Waals surface area contributed by atoms with Gasteiger partial charge in [0.15, 0.2) is 0 Å². The molecule has 0 aliphatic carbocycles. The van der Waals surface area contributed by atoms with Crippen molar-refractivity contribution in [3.8, 4) is 0 Å². The highest BCUT2D eigenvalue weighted by atomic mass is 19.1. The van der Waals surface area contributed by atoms with Gasteiger partial charge in [0, 0.05) is 18.3 Å². The Morgan fingerprint density at radius 2 is 2.22 bits per heavy atom. The van der Waals surface area contributed by atoms with Gasteiger partial charge in [-0.2, -0.15) is 0 Å². The van der Waals surface area contributed by atoms with Gasteiger partial charge in [-0.1, -0.05) is 6.07 Å². The van der Waals surface area contributed by atoms with E-state index in [1.165, 1.54) is 19.4 Å². The predicted molar refractivity (Wildman–Crippen MR) is 74.4 cm³/mol. The Labute approximate surface area is 109 Å². The minimum Gasteiger partial charge on any atom is -0.382 e. The van der Waals surface area contributed by atoms with Crippen LogP contribution in [0.15, 0.2) is 18.2 Å². The first-order valence-electron chi connectivity index (χ1n) is 6.77. The Kier molecular flexibility index (Phi) is 4.23. The number of hydrogen-bond acceptors (Lipinski definition) is 2. The number of hydrogen-bond donors (Lipinski definition) is 1. The lowest BCUT2D eigenvalue weighted by atomic mass is 9.91. The monoisotopic (exact) mass is 250 g/mol. The fourth-order valence-electron chi connectivity index (χ4n) is 2.68. The topological polar surface area (TPSA) is 15.3 Å². The second kappa shape index (κ2) is 5.70. The second-order valence-corrected chi connectivity index (χ2v) is 5.56. The van der Waals surface area contributed by atoms with Gasteiger partial charge in [-0.3, -0.25) is 0 Å². The van der Waals surface area contributed by atoms with Crippen LogP contribution < -0.4 is 5.32 Å². The van der Waals surface area contributed by atoms with Crippen LogP contribution in [0.4, 0.5) is 10.1 Å². The fraction of sp³-hybridized carbons (Fsp3) is 0.600. The van der Waals surface area contributed by atoms with Crippen LogP contribution in [0.25, 0.3) is 0 Å². The van der Waals surface area contributed by atoms with Crippen LogP contribution in [-0.2, 0) is 0 Å². The summed E-state index contributed by atoms with van der Waals surface area (Å²) in [6.45, 7) is 6.31. The molecule has 0 bridgehead atoms. The summed E-state index contributed by atoms with van der Waals surface area (Å²) in [6.07, 6.45) is 2.52. The molecule has 18 heavy (non-hydrogen) atoms. The molecule has 0 saturated carbocycles. The van der Waals surface area contributed by atoms with Crippen molar-refractivity contribution in [3.05, 3.63) is 29.6 Å². The maximum Gasteiger partial charge on any atom is 0.128 e. The second-order valence-electron chi connectivity index (χ2n) is 5.56. The number of piperidine rings is 1. The first-order valence-corrected chi connectivity index (χ1v) is 6.77. The molecule has 1 saturated heterocycles. The summed E-state index contributed by atoms with van der Waals surface area (Å²) in [5.74, 6) is 0.515. The number of benzene rings is 1. The molecule has 2 nitrogen and oxygen atoms in total. The molecule has 2 rings (SSSR count). The van der Waals surface area contributed by atoms with Crippen LogP contribution in [-0.4, -0.2) is 31.1 Å². The fourth-order valence-corrected chi connectivity index (χ4v) is 2.68. The van der Waals surface area contributed by atoms with Crippen molar-refractivity contribution in [2.45, 2.75) is 32.7 Å². The minimum absolute atomic E-state index is 0.132. The summed E-state index contributed by atoms with van der Waals surface area (Å²) in [5, 5.41) is 3.43. The first kappa shape index (κ1) is 13.3. The van der Waals surface area contributed by atoms with Gasteiger partial charge >= 0.3 is 0 Å². The number of aryl methyl sites for hydroxylation is 1. The van der Waals surface area contributed by atoms with E-state index in [0.717, 1.165) is 12.2 Å². The van der Waals surface area contributed by atoms with Gasteiger partial charge in [-0.05, 0) is 63.9 Å². The molecule has 1 aliphatic rings. The van der Waals surface area contributed by atoms with E-state index >= 15 is 0 Å². The van der Waals surface area contributed by atoms with E-state index in [-0.39, 0.29) is 5.82 Å². The molecule has 0 radical (unpaired) electrons. The summed E-state index contributed by atoms with van der Waals surface area (Å²) >= 11 is 0. The van der Waals surface area contributed by atoms with Gasteiger partial charge < -0.3 is 10.2 Å². The smallest absolute Gasteiger partial charge is 0.128 e. The van der Waals surface area contributed by atoms with E-state index in [1.807, 2.05) is 12.1 Å². The molecule has 1 fully saturated rings. The standard InChI is InChI=1S/C15H23FN2/c1-11-6-7-14(9-15(11)16)17-12(2)13-5-4-8-18(3)10-13/h6-7,9,12-13,17H,4-5,8,10H2,1-3H3. The van der Waals surface area contributed by atoms with Gasteiger partial charge in [-0.25, -0.2) is 4.39 Å². The molecule has 1 aromatic rings. The van der Waals surface area contributed by atoms with Crippen molar-refractivity contribution in [2.24, 2.45) is 5.92 Å². The normalized spacial score (nSPS) is 22.8. The van der Waals surface area contributed by atoms with Crippen molar-refractivity contribution in [1.82, 2.24) is 4.90 Å². The van der Waals surface area contributed by atoms with E-state index in [9.17, 15) is 4.39 Å². The highest BCUT2D eigenvalue weighted by Crippen LogP contribution is 2.22. The van der Waals surface area contributed by atoms with Crippen LogP contribution >= 0.6 is 0 Å². The average molecular weight is 250 g/mol. The highest BCUT2D eigenvalue weighted by molar-refractivity contribution is 5.46. The molecule has 1 heterocycles. The largest absolute Gasteiger partial charge is 0.382 e. The number of anilines is 1. The molecule has 1 aliphatic heterocycles. The molecular formula is C15H23FN2. The van der Waals surface area contributed by atoms with E-state index in [4.69, 9.17) is 0 Å². The Balaban J connectivity index is 1.97. The summed E-state index contributed by atoms with van der Waals surface area (Å²) in [7, 11) is 2.17. The first-order chi connectivity index (χ1) is 8.56. The summed E-state index contributed by atoms with van der Waals surface area (Å²) in [5.41, 5.74) is 1.59. The van der Waals surface area contributed by atoms with E-state index in [1.54, 1.807) is 13.0 Å². The van der Waals surface area contributed by atoms with Gasteiger partial charge in [0.1, 0.15) is 5.82 Å². The number of nitrogens with zero attached hydrogens (tertiary/aromatic N) is 1. The Morgan fingerprint density at radius 3 is 2.89 bits per heavy atom. The predicted octanol–water partition coefficient (Wildman–Crippen LogP) is 3.28. The zero-order valence-corrected chi connectivity index (χ0v) is 11.5. The van der Waals surface area contributed by atoms with E-state index < -0.39 is 0 Å². The molecule has 0 aromatic heterocycles. The average Bonchev–Trinajstić information content (AvgIpc) is 2.34. The number of nitrogens with one attached hydrogen (secondary N) is 1. The third-order valence-corrected chi connectivity index (χ3v) is 3.93. The van der Waals surface area contributed by atoms with Gasteiger partial charge in [-0.15, -0.1) is 0 Å². The number of halogens is 1. The molecule has 2 atom stereocenters. The zero-order chi connectivity index (χ0) is 13.1. The summed E-state index contributed by atoms with van der Waals surface area (Å²) in [4.78, 5) is 2.38. The van der Waals surface area contributed by atoms with Crippen molar-refractivity contribution in [1.29, 1.82) is 0 Å². The SMILES string of the molecule is Cc1ccc(NC(C)C2CCCN(C)C2)cc1F. The highest BCUT2D eigenvalue weighted by Gasteiger charge is 2.22. The zero-order valence-electron chi connectivity index (χ0n) is 11.5. The van der Waals surface area contributed by atoms with Crippen LogP contribution in [0.5, 0.6) is 0 Å². The molecule has 0 spiro atoms. The summed E-state index contributed by atoms with van der Waals surface area (Å²) < 4.78 is 13.5. The van der Waals surface area contributed by atoms with Crippen molar-refractivity contribution >= 4 is 5.69 Å². The minimum atomic E-state index is -0.132. The van der Waals surface area contributed by atoms with Gasteiger partial charge in [0.05, 0.1) is 0 Å². The van der Waals surface area contributed by atoms with E-state index in [0.29, 0.717) is 17.5 Å². The molecule has 3 heteroatoms. The Bertz CT molecular complexity index is 405. The van der Waals surface area contributed by atoms with Gasteiger partial charge in [0.2, 0.25) is 0 Å². The molecule has 2 unspecified atom stereocenters. The van der Waals surface area contributed by atoms with E-state index in [2.05, 4.69) is 24.2 Å². The lowest BCUT2D eigenvalue weighted by Gasteiger charge is -2.34. The van der Waals surface area contributed by atoms with Crippen LogP contribution in [0, 0.1) is 18.7 Å². The third-order valence-electron chi connectivity index (χ3n) is 3.93. The van der Waals surface area contributed by atoms with Crippen LogP contribution in [0.2, 0.25) is 0 Å².